The molecule has 2 rings (SSSR count). The highest BCUT2D eigenvalue weighted by Crippen LogP contribution is 2.33. The summed E-state index contributed by atoms with van der Waals surface area (Å²) in [5.74, 6) is -1.18. The summed E-state index contributed by atoms with van der Waals surface area (Å²) in [5, 5.41) is 2.79. The molecule has 132 valence electrons. The zero-order valence-electron chi connectivity index (χ0n) is 12.7. The molecule has 1 fully saturated rings. The van der Waals surface area contributed by atoms with Crippen LogP contribution in [0.25, 0.3) is 0 Å². The first-order chi connectivity index (χ1) is 11.2. The van der Waals surface area contributed by atoms with Crippen LogP contribution in [-0.4, -0.2) is 51.6 Å². The molecule has 1 aromatic rings. The summed E-state index contributed by atoms with van der Waals surface area (Å²) in [4.78, 5) is 23.7. The van der Waals surface area contributed by atoms with E-state index in [1.165, 1.54) is 19.2 Å². The molecule has 10 heteroatoms. The van der Waals surface area contributed by atoms with Gasteiger partial charge in [-0.05, 0) is 18.6 Å². The quantitative estimate of drug-likeness (QED) is 0.757. The summed E-state index contributed by atoms with van der Waals surface area (Å²) in [7, 11) is -1.71. The van der Waals surface area contributed by atoms with Crippen LogP contribution < -0.4 is 10.1 Å². The van der Waals surface area contributed by atoms with Gasteiger partial charge in [0.15, 0.2) is 22.2 Å². The van der Waals surface area contributed by atoms with Crippen molar-refractivity contribution in [1.82, 2.24) is 5.32 Å². The van der Waals surface area contributed by atoms with E-state index in [0.717, 1.165) is 0 Å². The Morgan fingerprint density at radius 1 is 1.29 bits per heavy atom. The van der Waals surface area contributed by atoms with Crippen LogP contribution in [0, 0.1) is 0 Å². The zero-order valence-corrected chi connectivity index (χ0v) is 15.0. The number of halogens is 2. The second-order valence-corrected chi connectivity index (χ2v) is 8.26. The maximum atomic E-state index is 11.9. The van der Waals surface area contributed by atoms with E-state index in [1.807, 2.05) is 0 Å². The van der Waals surface area contributed by atoms with Crippen molar-refractivity contribution in [3.8, 4) is 5.75 Å². The van der Waals surface area contributed by atoms with E-state index in [0.29, 0.717) is 6.42 Å². The molecule has 1 aliphatic rings. The molecule has 0 unspecified atom stereocenters. The maximum absolute atomic E-state index is 11.9. The number of methoxy groups -OCH3 is 1. The van der Waals surface area contributed by atoms with E-state index in [1.54, 1.807) is 0 Å². The van der Waals surface area contributed by atoms with Gasteiger partial charge in [0.2, 0.25) is 0 Å². The molecule has 0 aliphatic carbocycles. The van der Waals surface area contributed by atoms with E-state index in [9.17, 15) is 18.0 Å². The molecule has 1 aliphatic heterocycles. The Morgan fingerprint density at radius 3 is 2.42 bits per heavy atom. The molecule has 0 saturated carbocycles. The van der Waals surface area contributed by atoms with Gasteiger partial charge in [0.25, 0.3) is 5.91 Å². The number of ether oxygens (including phenoxy) is 2. The standard InChI is InChI=1S/C14H15Cl2NO6S/c1-22-13-10(15)4-8(5-11(13)16)14(19)23-6-12(18)17-9-2-3-24(20,21)7-9/h4-5,9H,2-3,6-7H2,1H3,(H,17,18)/t9-/m1/s1. The number of esters is 1. The Balaban J connectivity index is 1.90. The Kier molecular flexibility index (Phi) is 5.95. The third-order valence-electron chi connectivity index (χ3n) is 3.37. The van der Waals surface area contributed by atoms with Crippen LogP contribution in [0.15, 0.2) is 12.1 Å². The van der Waals surface area contributed by atoms with Crippen molar-refractivity contribution in [2.24, 2.45) is 0 Å². The number of hydrogen-bond donors (Lipinski definition) is 1. The first kappa shape index (κ1) is 18.8. The highest BCUT2D eigenvalue weighted by atomic mass is 35.5. The number of benzene rings is 1. The number of carbonyl (C=O) groups is 2. The topological polar surface area (TPSA) is 98.8 Å². The van der Waals surface area contributed by atoms with Crippen LogP contribution in [0.4, 0.5) is 0 Å². The lowest BCUT2D eigenvalue weighted by Crippen LogP contribution is -2.38. The maximum Gasteiger partial charge on any atom is 0.338 e. The van der Waals surface area contributed by atoms with Crippen molar-refractivity contribution in [3.05, 3.63) is 27.7 Å². The van der Waals surface area contributed by atoms with Gasteiger partial charge in [0, 0.05) is 6.04 Å². The highest BCUT2D eigenvalue weighted by molar-refractivity contribution is 7.91. The molecule has 1 heterocycles. The van der Waals surface area contributed by atoms with Crippen molar-refractivity contribution < 1.29 is 27.5 Å². The van der Waals surface area contributed by atoms with E-state index in [-0.39, 0.29) is 32.9 Å². The predicted octanol–water partition coefficient (Wildman–Crippen LogP) is 1.46. The van der Waals surface area contributed by atoms with E-state index >= 15 is 0 Å². The second kappa shape index (κ2) is 7.58. The number of nitrogens with one attached hydrogen (secondary N) is 1. The molecule has 0 radical (unpaired) electrons. The van der Waals surface area contributed by atoms with Crippen molar-refractivity contribution in [1.29, 1.82) is 0 Å². The van der Waals surface area contributed by atoms with Crippen molar-refractivity contribution >= 4 is 44.9 Å². The molecular formula is C14H15Cl2NO6S. The molecule has 1 atom stereocenters. The predicted molar refractivity (Wildman–Crippen MR) is 88.5 cm³/mol. The fourth-order valence-corrected chi connectivity index (χ4v) is 4.58. The Hall–Kier alpha value is -1.51. The minimum atomic E-state index is -3.10. The van der Waals surface area contributed by atoms with Crippen LogP contribution in [0.1, 0.15) is 16.8 Å². The number of amides is 1. The van der Waals surface area contributed by atoms with E-state index in [2.05, 4.69) is 5.32 Å². The molecule has 0 aromatic heterocycles. The number of hydrogen-bond acceptors (Lipinski definition) is 6. The van der Waals surface area contributed by atoms with Gasteiger partial charge < -0.3 is 14.8 Å². The third-order valence-corrected chi connectivity index (χ3v) is 5.70. The van der Waals surface area contributed by atoms with Crippen molar-refractivity contribution in [2.45, 2.75) is 12.5 Å². The average Bonchev–Trinajstić information content (AvgIpc) is 2.83. The molecule has 1 N–H and O–H groups in total. The Labute approximate surface area is 149 Å². The molecule has 0 bridgehead atoms. The molecular weight excluding hydrogens is 381 g/mol. The van der Waals surface area contributed by atoms with E-state index < -0.39 is 34.4 Å². The lowest BCUT2D eigenvalue weighted by molar-refractivity contribution is -0.124. The van der Waals surface area contributed by atoms with E-state index in [4.69, 9.17) is 32.7 Å². The minimum absolute atomic E-state index is 0.0422. The summed E-state index contributed by atoms with van der Waals surface area (Å²) in [6.07, 6.45) is 0.353. The number of rotatable bonds is 5. The van der Waals surface area contributed by atoms with Gasteiger partial charge in [-0.25, -0.2) is 13.2 Å². The minimum Gasteiger partial charge on any atom is -0.494 e. The first-order valence-electron chi connectivity index (χ1n) is 6.92. The fraction of sp³-hybridized carbons (Fsp3) is 0.429. The van der Waals surface area contributed by atoms with Gasteiger partial charge in [-0.2, -0.15) is 0 Å². The zero-order chi connectivity index (χ0) is 17.9. The largest absolute Gasteiger partial charge is 0.494 e. The lowest BCUT2D eigenvalue weighted by Gasteiger charge is -2.12. The summed E-state index contributed by atoms with van der Waals surface area (Å²) < 4.78 is 32.5. The number of sulfone groups is 1. The summed E-state index contributed by atoms with van der Waals surface area (Å²) in [5.41, 5.74) is 0.0713. The van der Waals surface area contributed by atoms with Crippen LogP contribution in [-0.2, 0) is 19.4 Å². The molecule has 24 heavy (non-hydrogen) atoms. The molecule has 1 amide bonds. The molecule has 1 aromatic carbocycles. The van der Waals surface area contributed by atoms with Crippen LogP contribution >= 0.6 is 23.2 Å². The van der Waals surface area contributed by atoms with Crippen LogP contribution in [0.5, 0.6) is 5.75 Å². The molecule has 1 saturated heterocycles. The normalized spacial score (nSPS) is 18.9. The molecule has 7 nitrogen and oxygen atoms in total. The van der Waals surface area contributed by atoms with Gasteiger partial charge in [0.1, 0.15) is 0 Å². The highest BCUT2D eigenvalue weighted by Gasteiger charge is 2.29. The summed E-state index contributed by atoms with van der Waals surface area (Å²) in [6.45, 7) is -0.531. The van der Waals surface area contributed by atoms with Crippen LogP contribution in [0.3, 0.4) is 0 Å². The van der Waals surface area contributed by atoms with Gasteiger partial charge in [-0.1, -0.05) is 23.2 Å². The smallest absolute Gasteiger partial charge is 0.338 e. The van der Waals surface area contributed by atoms with Crippen LogP contribution in [0.2, 0.25) is 10.0 Å². The number of carbonyl (C=O) groups excluding carboxylic acids is 2. The van der Waals surface area contributed by atoms with Gasteiger partial charge in [-0.15, -0.1) is 0 Å². The second-order valence-electron chi connectivity index (χ2n) is 5.22. The summed E-state index contributed by atoms with van der Waals surface area (Å²) in [6, 6.07) is 2.18. The Bertz CT molecular complexity index is 742. The van der Waals surface area contributed by atoms with Gasteiger partial charge >= 0.3 is 5.97 Å². The third kappa shape index (κ3) is 4.75. The first-order valence-corrected chi connectivity index (χ1v) is 9.49. The Morgan fingerprint density at radius 2 is 1.92 bits per heavy atom. The van der Waals surface area contributed by atoms with Crippen molar-refractivity contribution in [3.63, 3.8) is 0 Å². The lowest BCUT2D eigenvalue weighted by atomic mass is 10.2. The average molecular weight is 396 g/mol. The monoisotopic (exact) mass is 395 g/mol. The van der Waals surface area contributed by atoms with Crippen molar-refractivity contribution in [2.75, 3.05) is 25.2 Å². The SMILES string of the molecule is COc1c(Cl)cc(C(=O)OCC(=O)N[C@@H]2CCS(=O)(=O)C2)cc1Cl. The molecule has 0 spiro atoms. The van der Waals surface area contributed by atoms with Gasteiger partial charge in [0.05, 0.1) is 34.2 Å². The fourth-order valence-electron chi connectivity index (χ4n) is 2.27. The van der Waals surface area contributed by atoms with Gasteiger partial charge in [-0.3, -0.25) is 4.79 Å². The summed E-state index contributed by atoms with van der Waals surface area (Å²) >= 11 is 11.9.